The lowest BCUT2D eigenvalue weighted by Gasteiger charge is -2.24. The lowest BCUT2D eigenvalue weighted by atomic mass is 10.2. The van der Waals surface area contributed by atoms with Gasteiger partial charge in [-0.05, 0) is 24.6 Å². The van der Waals surface area contributed by atoms with Crippen molar-refractivity contribution in [3.05, 3.63) is 45.7 Å². The van der Waals surface area contributed by atoms with Crippen LogP contribution in [0.4, 0.5) is 4.79 Å². The molecule has 0 atom stereocenters. The number of carbonyl (C=O) groups is 1. The minimum Gasteiger partial charge on any atom is -0.450 e. The molecule has 3 rings (SSSR count). The fourth-order valence-electron chi connectivity index (χ4n) is 2.37. The highest BCUT2D eigenvalue weighted by molar-refractivity contribution is 7.11. The van der Waals surface area contributed by atoms with E-state index < -0.39 is 0 Å². The van der Waals surface area contributed by atoms with Crippen LogP contribution >= 0.6 is 11.3 Å². The third kappa shape index (κ3) is 3.21. The SMILES string of the molecule is CCOC(=O)N1CCc2nc(Cc3ccncc3)sc2C1. The Morgan fingerprint density at radius 3 is 3.00 bits per heavy atom. The van der Waals surface area contributed by atoms with Gasteiger partial charge < -0.3 is 9.64 Å². The molecule has 0 N–H and O–H groups in total. The molecular weight excluding hydrogens is 286 g/mol. The monoisotopic (exact) mass is 303 g/mol. The highest BCUT2D eigenvalue weighted by atomic mass is 32.1. The van der Waals surface area contributed by atoms with E-state index in [1.54, 1.807) is 28.6 Å². The zero-order valence-electron chi connectivity index (χ0n) is 11.9. The average molecular weight is 303 g/mol. The number of carbonyl (C=O) groups excluding carboxylic acids is 1. The zero-order valence-corrected chi connectivity index (χ0v) is 12.7. The Hall–Kier alpha value is -1.95. The summed E-state index contributed by atoms with van der Waals surface area (Å²) in [5.41, 5.74) is 2.34. The van der Waals surface area contributed by atoms with Gasteiger partial charge in [-0.25, -0.2) is 9.78 Å². The normalized spacial score (nSPS) is 13.9. The first-order chi connectivity index (χ1) is 10.3. The second kappa shape index (κ2) is 6.22. The van der Waals surface area contributed by atoms with Crippen LogP contribution in [0.1, 0.15) is 28.1 Å². The molecule has 6 heteroatoms. The van der Waals surface area contributed by atoms with Crippen LogP contribution in [0.2, 0.25) is 0 Å². The van der Waals surface area contributed by atoms with Crippen molar-refractivity contribution in [2.75, 3.05) is 13.2 Å². The molecule has 3 heterocycles. The third-order valence-corrected chi connectivity index (χ3v) is 4.49. The minimum absolute atomic E-state index is 0.229. The van der Waals surface area contributed by atoms with Crippen molar-refractivity contribution in [2.24, 2.45) is 0 Å². The Morgan fingerprint density at radius 1 is 1.43 bits per heavy atom. The second-order valence-corrected chi connectivity index (χ2v) is 6.05. The summed E-state index contributed by atoms with van der Waals surface area (Å²) in [7, 11) is 0. The molecule has 0 unspecified atom stereocenters. The molecule has 1 aliphatic heterocycles. The van der Waals surface area contributed by atoms with Crippen LogP contribution in [0.25, 0.3) is 0 Å². The molecule has 2 aromatic rings. The first kappa shape index (κ1) is 14.0. The maximum atomic E-state index is 11.8. The van der Waals surface area contributed by atoms with E-state index >= 15 is 0 Å². The summed E-state index contributed by atoms with van der Waals surface area (Å²) in [6.45, 7) is 3.54. The summed E-state index contributed by atoms with van der Waals surface area (Å²) in [4.78, 5) is 23.4. The van der Waals surface area contributed by atoms with Gasteiger partial charge >= 0.3 is 6.09 Å². The molecule has 0 bridgehead atoms. The van der Waals surface area contributed by atoms with Gasteiger partial charge in [-0.3, -0.25) is 4.98 Å². The van der Waals surface area contributed by atoms with E-state index in [2.05, 4.69) is 4.98 Å². The number of hydrogen-bond acceptors (Lipinski definition) is 5. The Bertz CT molecular complexity index is 627. The van der Waals surface area contributed by atoms with E-state index in [1.807, 2.05) is 19.1 Å². The van der Waals surface area contributed by atoms with Gasteiger partial charge in [0.1, 0.15) is 0 Å². The summed E-state index contributed by atoms with van der Waals surface area (Å²) < 4.78 is 5.06. The molecule has 0 saturated carbocycles. The molecule has 0 saturated heterocycles. The molecule has 0 spiro atoms. The summed E-state index contributed by atoms with van der Waals surface area (Å²) in [5, 5.41) is 1.09. The number of thiazole rings is 1. The number of fused-ring (bicyclic) bond motifs is 1. The van der Waals surface area contributed by atoms with Crippen molar-refractivity contribution in [1.29, 1.82) is 0 Å². The number of hydrogen-bond donors (Lipinski definition) is 0. The summed E-state index contributed by atoms with van der Waals surface area (Å²) in [6, 6.07) is 4.01. The third-order valence-electron chi connectivity index (χ3n) is 3.41. The highest BCUT2D eigenvalue weighted by Crippen LogP contribution is 2.26. The first-order valence-corrected chi connectivity index (χ1v) is 7.86. The lowest BCUT2D eigenvalue weighted by molar-refractivity contribution is 0.103. The van der Waals surface area contributed by atoms with Crippen LogP contribution in [0.5, 0.6) is 0 Å². The van der Waals surface area contributed by atoms with Crippen molar-refractivity contribution in [1.82, 2.24) is 14.9 Å². The second-order valence-electron chi connectivity index (χ2n) is 4.88. The smallest absolute Gasteiger partial charge is 0.410 e. The molecule has 0 radical (unpaired) electrons. The fourth-order valence-corrected chi connectivity index (χ4v) is 3.54. The van der Waals surface area contributed by atoms with Gasteiger partial charge in [-0.15, -0.1) is 11.3 Å². The summed E-state index contributed by atoms with van der Waals surface area (Å²) >= 11 is 1.69. The molecule has 2 aromatic heterocycles. The van der Waals surface area contributed by atoms with Crippen molar-refractivity contribution in [2.45, 2.75) is 26.3 Å². The molecule has 5 nitrogen and oxygen atoms in total. The van der Waals surface area contributed by atoms with Gasteiger partial charge in [0.15, 0.2) is 0 Å². The lowest BCUT2D eigenvalue weighted by Crippen LogP contribution is -2.35. The Kier molecular flexibility index (Phi) is 4.15. The van der Waals surface area contributed by atoms with Crippen LogP contribution < -0.4 is 0 Å². The first-order valence-electron chi connectivity index (χ1n) is 7.04. The molecule has 1 aliphatic rings. The van der Waals surface area contributed by atoms with E-state index in [9.17, 15) is 4.79 Å². The van der Waals surface area contributed by atoms with E-state index in [0.717, 1.165) is 23.5 Å². The largest absolute Gasteiger partial charge is 0.450 e. The fraction of sp³-hybridized carbons (Fsp3) is 0.400. The van der Waals surface area contributed by atoms with E-state index in [1.165, 1.54) is 10.4 Å². The number of aromatic nitrogens is 2. The average Bonchev–Trinajstić information content (AvgIpc) is 2.89. The summed E-state index contributed by atoms with van der Waals surface area (Å²) in [5.74, 6) is 0. The Balaban J connectivity index is 1.71. The molecule has 0 aromatic carbocycles. The summed E-state index contributed by atoms with van der Waals surface area (Å²) in [6.07, 6.45) is 4.99. The van der Waals surface area contributed by atoms with Crippen LogP contribution in [-0.4, -0.2) is 34.1 Å². The van der Waals surface area contributed by atoms with Gasteiger partial charge in [0.25, 0.3) is 0 Å². The van der Waals surface area contributed by atoms with Gasteiger partial charge in [-0.1, -0.05) is 0 Å². The molecule has 0 aliphatic carbocycles. The van der Waals surface area contributed by atoms with Crippen molar-refractivity contribution < 1.29 is 9.53 Å². The van der Waals surface area contributed by atoms with Crippen LogP contribution in [-0.2, 0) is 24.1 Å². The maximum Gasteiger partial charge on any atom is 0.410 e. The van der Waals surface area contributed by atoms with E-state index in [4.69, 9.17) is 9.72 Å². The Morgan fingerprint density at radius 2 is 2.24 bits per heavy atom. The van der Waals surface area contributed by atoms with Crippen LogP contribution in [0.3, 0.4) is 0 Å². The minimum atomic E-state index is -0.229. The van der Waals surface area contributed by atoms with Gasteiger partial charge in [-0.2, -0.15) is 0 Å². The predicted molar refractivity (Wildman–Crippen MR) is 80.3 cm³/mol. The number of pyridine rings is 1. The Labute approximate surface area is 127 Å². The molecule has 21 heavy (non-hydrogen) atoms. The standard InChI is InChI=1S/C15H17N3O2S/c1-2-20-15(19)18-8-5-12-13(10-18)21-14(17-12)9-11-3-6-16-7-4-11/h3-4,6-7H,2,5,8-10H2,1H3. The van der Waals surface area contributed by atoms with Crippen molar-refractivity contribution in [3.63, 3.8) is 0 Å². The number of nitrogens with zero attached hydrogens (tertiary/aromatic N) is 3. The molecular formula is C15H17N3O2S. The maximum absolute atomic E-state index is 11.8. The highest BCUT2D eigenvalue weighted by Gasteiger charge is 2.24. The van der Waals surface area contributed by atoms with E-state index in [-0.39, 0.29) is 6.09 Å². The van der Waals surface area contributed by atoms with Crippen LogP contribution in [0, 0.1) is 0 Å². The molecule has 110 valence electrons. The quantitative estimate of drug-likeness (QED) is 0.874. The number of rotatable bonds is 3. The number of amides is 1. The molecule has 0 fully saturated rings. The van der Waals surface area contributed by atoms with Gasteiger partial charge in [0.05, 0.1) is 23.9 Å². The van der Waals surface area contributed by atoms with E-state index in [0.29, 0.717) is 19.7 Å². The van der Waals surface area contributed by atoms with Crippen molar-refractivity contribution >= 4 is 17.4 Å². The predicted octanol–water partition coefficient (Wildman–Crippen LogP) is 2.64. The van der Waals surface area contributed by atoms with Gasteiger partial charge in [0.2, 0.25) is 0 Å². The molecule has 1 amide bonds. The van der Waals surface area contributed by atoms with Crippen LogP contribution in [0.15, 0.2) is 24.5 Å². The topological polar surface area (TPSA) is 55.3 Å². The zero-order chi connectivity index (χ0) is 14.7. The van der Waals surface area contributed by atoms with Gasteiger partial charge in [0, 0.05) is 36.7 Å². The van der Waals surface area contributed by atoms with Crippen molar-refractivity contribution in [3.8, 4) is 0 Å². The number of ether oxygens (including phenoxy) is 1.